The average Bonchev–Trinajstić information content (AvgIpc) is 3.49. The Labute approximate surface area is 395 Å². The van der Waals surface area contributed by atoms with Gasteiger partial charge in [-0.3, -0.25) is 4.79 Å². The first-order valence-corrected chi connectivity index (χ1v) is 25.6. The molecule has 0 aromatic heterocycles. The summed E-state index contributed by atoms with van der Waals surface area (Å²) in [6.45, 7) is 11.4. The van der Waals surface area contributed by atoms with Crippen molar-refractivity contribution in [2.45, 2.75) is 242 Å². The topological polar surface area (TPSA) is 195 Å². The number of carboxylic acid groups (broad SMARTS) is 3. The van der Waals surface area contributed by atoms with Crippen LogP contribution in [0.1, 0.15) is 200 Å². The van der Waals surface area contributed by atoms with Gasteiger partial charge in [0.2, 0.25) is 17.3 Å². The van der Waals surface area contributed by atoms with Crippen molar-refractivity contribution in [3.8, 4) is 0 Å². The van der Waals surface area contributed by atoms with Crippen LogP contribution >= 0.6 is 0 Å². The molecule has 0 radical (unpaired) electrons. The van der Waals surface area contributed by atoms with E-state index < -0.39 is 65.3 Å². The molecule has 0 saturated carbocycles. The predicted molar refractivity (Wildman–Crippen MR) is 254 cm³/mol. The van der Waals surface area contributed by atoms with Gasteiger partial charge in [0.1, 0.15) is 18.3 Å². The van der Waals surface area contributed by atoms with E-state index in [2.05, 4.69) is 20.4 Å². The summed E-state index contributed by atoms with van der Waals surface area (Å²) in [4.78, 5) is 53.1. The maximum Gasteiger partial charge on any atom is 0.343 e. The highest BCUT2D eigenvalue weighted by Crippen LogP contribution is 2.57. The molecule has 2 heterocycles. The van der Waals surface area contributed by atoms with Crippen molar-refractivity contribution in [2.75, 3.05) is 13.2 Å². The third kappa shape index (κ3) is 16.1. The molecule has 4 unspecified atom stereocenters. The summed E-state index contributed by atoms with van der Waals surface area (Å²) >= 11 is 0. The second-order valence-corrected chi connectivity index (χ2v) is 19.0. The largest absolute Gasteiger partial charge is 0.479 e. The lowest BCUT2D eigenvalue weighted by Gasteiger charge is -2.51. The van der Waals surface area contributed by atoms with Crippen LogP contribution in [0.2, 0.25) is 0 Å². The van der Waals surface area contributed by atoms with Crippen molar-refractivity contribution in [1.29, 1.82) is 0 Å². The average molecular weight is 931 g/mol. The minimum atomic E-state index is -3.16. The number of esters is 1. The van der Waals surface area contributed by atoms with Crippen molar-refractivity contribution in [3.05, 3.63) is 48.0 Å². The first-order chi connectivity index (χ1) is 31.7. The first kappa shape index (κ1) is 57.0. The van der Waals surface area contributed by atoms with Crippen molar-refractivity contribution < 1.29 is 63.3 Å². The molecule has 13 heteroatoms. The molecule has 0 spiro atoms. The third-order valence-corrected chi connectivity index (χ3v) is 13.6. The number of aliphatic carboxylic acids is 3. The summed E-state index contributed by atoms with van der Waals surface area (Å²) < 4.78 is 30.4. The van der Waals surface area contributed by atoms with Crippen LogP contribution in [-0.2, 0) is 49.3 Å². The number of ether oxygens (including phenoxy) is 5. The van der Waals surface area contributed by atoms with Gasteiger partial charge in [0, 0.05) is 32.5 Å². The van der Waals surface area contributed by atoms with Gasteiger partial charge in [0.05, 0.1) is 0 Å². The Hall–Kier alpha value is -3.36. The van der Waals surface area contributed by atoms with Gasteiger partial charge in [-0.05, 0) is 36.8 Å². The van der Waals surface area contributed by atoms with Gasteiger partial charge in [0.15, 0.2) is 5.79 Å². The monoisotopic (exact) mass is 931 g/mol. The zero-order valence-electron chi connectivity index (χ0n) is 40.9. The number of aliphatic hydroxyl groups is 1. The minimum absolute atomic E-state index is 0.0575. The molecule has 0 aliphatic carbocycles. The summed E-state index contributed by atoms with van der Waals surface area (Å²) in [5.74, 6) is -8.79. The van der Waals surface area contributed by atoms with Gasteiger partial charge in [0.25, 0.3) is 0 Å². The van der Waals surface area contributed by atoms with Crippen LogP contribution < -0.4 is 0 Å². The summed E-state index contributed by atoms with van der Waals surface area (Å²) in [6, 6.07) is 9.60. The Morgan fingerprint density at radius 2 is 1.17 bits per heavy atom. The maximum atomic E-state index is 13.8. The first-order valence-electron chi connectivity index (χ1n) is 25.6. The number of benzene rings is 1. The van der Waals surface area contributed by atoms with Gasteiger partial charge in [-0.2, -0.15) is 0 Å². The van der Waals surface area contributed by atoms with Crippen LogP contribution in [0.4, 0.5) is 0 Å². The number of aliphatic hydroxyl groups excluding tert-OH is 1. The number of carbonyl (C=O) groups is 4. The molecule has 8 atom stereocenters. The van der Waals surface area contributed by atoms with E-state index in [0.29, 0.717) is 31.3 Å². The van der Waals surface area contributed by atoms with E-state index in [1.165, 1.54) is 90.4 Å². The smallest absolute Gasteiger partial charge is 0.343 e. The lowest BCUT2D eigenvalue weighted by atomic mass is 9.74. The fourth-order valence-corrected chi connectivity index (χ4v) is 9.91. The quantitative estimate of drug-likeness (QED) is 0.0277. The number of fused-ring (bicyclic) bond motifs is 2. The second-order valence-electron chi connectivity index (χ2n) is 19.0. The number of rotatable bonds is 39. The number of hydrogen-bond acceptors (Lipinski definition) is 10. The van der Waals surface area contributed by atoms with Crippen molar-refractivity contribution in [3.63, 3.8) is 0 Å². The third-order valence-electron chi connectivity index (χ3n) is 13.6. The Morgan fingerprint density at radius 3 is 1.61 bits per heavy atom. The standard InChI is InChI=1S/C53H86O13/c1-6-8-10-12-14-16-18-20-22-24-26-31-37-62-46-45(55)51(36-35-40(3)44(64-42(5)54)41(4)39-43-33-29-28-30-34-43)65-47(48(56)57)52(49(58)59,53(46,66-51)50(60)61)63-38-32-27-25-23-21-19-17-15-13-11-9-7-2/h28-30,33-34,41,44-47,55H,3,6-27,31-32,35-39H2,1-2,4-5H3,(H,56,57)(H,58,59)(H,60,61)/t41-,44-,45-,46-,47?,51?,52?,53?/m1/s1. The number of unbranched alkanes of at least 4 members (excludes halogenated alkanes) is 22. The summed E-state index contributed by atoms with van der Waals surface area (Å²) in [5, 5.41) is 45.2. The Balaban J connectivity index is 1.82. The summed E-state index contributed by atoms with van der Waals surface area (Å²) in [6.07, 6.45) is 18.3. The maximum absolute atomic E-state index is 13.8. The molecule has 2 saturated heterocycles. The van der Waals surface area contributed by atoms with Gasteiger partial charge >= 0.3 is 23.9 Å². The molecule has 1 aromatic rings. The molecular weight excluding hydrogens is 845 g/mol. The molecule has 1 aromatic carbocycles. The Bertz CT molecular complexity index is 1590. The SMILES string of the molecule is C=C(CCC12OC(C(=O)O)C(OCCCCCCCCCCCCCC)(C(=O)O)C(C(=O)O)(O1)[C@H](OCCCCCCCCCCCCCC)[C@H]2O)[C@@H](OC(C)=O)[C@H](C)Cc1ccccc1. The van der Waals surface area contributed by atoms with Crippen LogP contribution in [0.5, 0.6) is 0 Å². The van der Waals surface area contributed by atoms with Crippen LogP contribution in [0.25, 0.3) is 0 Å². The molecule has 376 valence electrons. The van der Waals surface area contributed by atoms with Crippen LogP contribution in [-0.4, -0.2) is 98.9 Å². The molecule has 2 aliphatic rings. The lowest BCUT2D eigenvalue weighted by molar-refractivity contribution is -0.380. The van der Waals surface area contributed by atoms with E-state index in [0.717, 1.165) is 56.9 Å². The van der Waals surface area contributed by atoms with E-state index in [9.17, 15) is 39.6 Å². The molecule has 2 bridgehead atoms. The predicted octanol–water partition coefficient (Wildman–Crippen LogP) is 11.2. The summed E-state index contributed by atoms with van der Waals surface area (Å²) in [7, 11) is 0. The number of carbonyl (C=O) groups excluding carboxylic acids is 1. The zero-order chi connectivity index (χ0) is 48.4. The normalized spacial score (nSPS) is 24.5. The van der Waals surface area contributed by atoms with Gasteiger partial charge in [-0.25, -0.2) is 14.4 Å². The highest BCUT2D eigenvalue weighted by Gasteiger charge is 2.86. The van der Waals surface area contributed by atoms with Crippen LogP contribution in [0, 0.1) is 5.92 Å². The highest BCUT2D eigenvalue weighted by atomic mass is 16.8. The highest BCUT2D eigenvalue weighted by molar-refractivity contribution is 5.98. The minimum Gasteiger partial charge on any atom is -0.479 e. The molecule has 13 nitrogen and oxygen atoms in total. The van der Waals surface area contributed by atoms with E-state index in [1.807, 2.05) is 37.3 Å². The molecule has 2 aliphatic heterocycles. The molecule has 66 heavy (non-hydrogen) atoms. The van der Waals surface area contributed by atoms with Gasteiger partial charge in [-0.15, -0.1) is 0 Å². The van der Waals surface area contributed by atoms with Gasteiger partial charge in [-0.1, -0.05) is 199 Å². The van der Waals surface area contributed by atoms with Crippen molar-refractivity contribution in [2.24, 2.45) is 5.92 Å². The Kier molecular flexibility index (Phi) is 26.1. The van der Waals surface area contributed by atoms with E-state index in [-0.39, 0.29) is 32.0 Å². The molecule has 0 amide bonds. The van der Waals surface area contributed by atoms with Crippen LogP contribution in [0.15, 0.2) is 42.5 Å². The Morgan fingerprint density at radius 1 is 0.697 bits per heavy atom. The summed E-state index contributed by atoms with van der Waals surface area (Å²) in [5.41, 5.74) is -4.83. The molecule has 4 N–H and O–H groups in total. The van der Waals surface area contributed by atoms with E-state index in [4.69, 9.17) is 23.7 Å². The zero-order valence-corrected chi connectivity index (χ0v) is 40.9. The second kappa shape index (κ2) is 30.2. The molecule has 3 rings (SSSR count). The van der Waals surface area contributed by atoms with Crippen molar-refractivity contribution in [1.82, 2.24) is 0 Å². The lowest BCUT2D eigenvalue weighted by Crippen LogP contribution is -2.79. The molecular formula is C53H86O13. The fraction of sp³-hybridized carbons (Fsp3) is 0.774. The number of carboxylic acids is 3. The molecule has 2 fully saturated rings. The van der Waals surface area contributed by atoms with E-state index in [1.54, 1.807) is 0 Å². The number of hydrogen-bond donors (Lipinski definition) is 4. The van der Waals surface area contributed by atoms with Crippen LogP contribution in [0.3, 0.4) is 0 Å². The fourth-order valence-electron chi connectivity index (χ4n) is 9.91. The van der Waals surface area contributed by atoms with Crippen molar-refractivity contribution >= 4 is 23.9 Å². The van der Waals surface area contributed by atoms with E-state index >= 15 is 0 Å². The van der Waals surface area contributed by atoms with Gasteiger partial charge < -0.3 is 44.1 Å².